The highest BCUT2D eigenvalue weighted by Crippen LogP contribution is 2.28. The molecule has 0 aliphatic carbocycles. The number of aryl methyl sites for hydroxylation is 1. The van der Waals surface area contributed by atoms with Gasteiger partial charge in [-0.2, -0.15) is 0 Å². The zero-order chi connectivity index (χ0) is 18.6. The first-order chi connectivity index (χ1) is 11.9. The number of nitrogens with zero attached hydrogens (tertiary/aromatic N) is 1. The molecule has 0 aromatic heterocycles. The molecule has 2 aromatic carbocycles. The summed E-state index contributed by atoms with van der Waals surface area (Å²) in [4.78, 5) is 23.1. The van der Waals surface area contributed by atoms with Crippen molar-refractivity contribution in [2.75, 3.05) is 19.5 Å². The molecule has 0 saturated carbocycles. The van der Waals surface area contributed by atoms with Crippen molar-refractivity contribution in [2.24, 2.45) is 0 Å². The molecule has 1 atom stereocenters. The first-order valence-corrected chi connectivity index (χ1v) is 7.79. The third-order valence-electron chi connectivity index (χ3n) is 3.93. The Morgan fingerprint density at radius 2 is 1.96 bits per heavy atom. The van der Waals surface area contributed by atoms with Gasteiger partial charge in [0.15, 0.2) is 0 Å². The van der Waals surface area contributed by atoms with Crippen LogP contribution in [-0.4, -0.2) is 25.0 Å². The number of hydrogen-bond donors (Lipinski definition) is 2. The highest BCUT2D eigenvalue weighted by molar-refractivity contribution is 5.96. The molecule has 0 aliphatic rings. The van der Waals surface area contributed by atoms with Gasteiger partial charge in [0.2, 0.25) is 0 Å². The molecule has 132 valence electrons. The molecule has 1 amide bonds. The Labute approximate surface area is 146 Å². The van der Waals surface area contributed by atoms with Crippen LogP contribution in [0.4, 0.5) is 11.4 Å². The molecule has 0 unspecified atom stereocenters. The third-order valence-corrected chi connectivity index (χ3v) is 3.93. The molecule has 7 heteroatoms. The Balaban J connectivity index is 2.26. The molecule has 0 heterocycles. The van der Waals surface area contributed by atoms with E-state index in [1.807, 2.05) is 32.0 Å². The number of nitro groups is 1. The van der Waals surface area contributed by atoms with Gasteiger partial charge in [-0.1, -0.05) is 17.7 Å². The van der Waals surface area contributed by atoms with Crippen LogP contribution in [0.5, 0.6) is 5.75 Å². The predicted octanol–water partition coefficient (Wildman–Crippen LogP) is 3.44. The van der Waals surface area contributed by atoms with Crippen LogP contribution in [0.3, 0.4) is 0 Å². The Kier molecular flexibility index (Phi) is 5.59. The summed E-state index contributed by atoms with van der Waals surface area (Å²) < 4.78 is 5.34. The Hall–Kier alpha value is -3.09. The van der Waals surface area contributed by atoms with Crippen molar-refractivity contribution in [3.05, 3.63) is 63.2 Å². The summed E-state index contributed by atoms with van der Waals surface area (Å²) in [5.41, 5.74) is 2.33. The van der Waals surface area contributed by atoms with Crippen LogP contribution in [0.15, 0.2) is 36.4 Å². The van der Waals surface area contributed by atoms with Crippen molar-refractivity contribution in [1.82, 2.24) is 5.32 Å². The van der Waals surface area contributed by atoms with Crippen molar-refractivity contribution in [2.45, 2.75) is 19.9 Å². The maximum Gasteiger partial charge on any atom is 0.293 e. The predicted molar refractivity (Wildman–Crippen MR) is 96.3 cm³/mol. The second-order valence-corrected chi connectivity index (χ2v) is 5.68. The molecule has 0 aliphatic heterocycles. The van der Waals surface area contributed by atoms with Crippen LogP contribution in [0.25, 0.3) is 0 Å². The lowest BCUT2D eigenvalue weighted by Gasteiger charge is -2.18. The van der Waals surface area contributed by atoms with Gasteiger partial charge in [-0.25, -0.2) is 0 Å². The van der Waals surface area contributed by atoms with Gasteiger partial charge in [0, 0.05) is 24.2 Å². The lowest BCUT2D eigenvalue weighted by molar-refractivity contribution is -0.384. The van der Waals surface area contributed by atoms with E-state index in [9.17, 15) is 14.9 Å². The van der Waals surface area contributed by atoms with Gasteiger partial charge in [-0.15, -0.1) is 0 Å². The van der Waals surface area contributed by atoms with E-state index in [2.05, 4.69) is 10.6 Å². The van der Waals surface area contributed by atoms with Gasteiger partial charge in [0.05, 0.1) is 18.1 Å². The maximum absolute atomic E-state index is 12.5. The van der Waals surface area contributed by atoms with Crippen LogP contribution in [-0.2, 0) is 0 Å². The molecule has 0 bridgehead atoms. The second-order valence-electron chi connectivity index (χ2n) is 5.68. The molecule has 7 nitrogen and oxygen atoms in total. The van der Waals surface area contributed by atoms with Crippen LogP contribution < -0.4 is 15.4 Å². The number of anilines is 1. The van der Waals surface area contributed by atoms with Crippen molar-refractivity contribution in [3.8, 4) is 5.75 Å². The van der Waals surface area contributed by atoms with Crippen LogP contribution in [0, 0.1) is 17.0 Å². The first-order valence-electron chi connectivity index (χ1n) is 7.79. The number of carbonyl (C=O) groups is 1. The van der Waals surface area contributed by atoms with Gasteiger partial charge in [-0.05, 0) is 32.0 Å². The molecular weight excluding hydrogens is 322 g/mol. The normalized spacial score (nSPS) is 11.5. The lowest BCUT2D eigenvalue weighted by Crippen LogP contribution is -2.27. The highest BCUT2D eigenvalue weighted by Gasteiger charge is 2.19. The molecule has 0 spiro atoms. The summed E-state index contributed by atoms with van der Waals surface area (Å²) in [6.45, 7) is 3.79. The Morgan fingerprint density at radius 1 is 1.24 bits per heavy atom. The Morgan fingerprint density at radius 3 is 2.56 bits per heavy atom. The number of ether oxygens (including phenoxy) is 1. The molecule has 2 rings (SSSR count). The molecular formula is C18H21N3O4. The summed E-state index contributed by atoms with van der Waals surface area (Å²) in [5, 5.41) is 16.7. The number of rotatable bonds is 6. The van der Waals surface area contributed by atoms with E-state index >= 15 is 0 Å². The SMILES string of the molecule is CNc1ccc(C(=O)N[C@@H](C)c2cc(C)ccc2OC)cc1[N+](=O)[O-]. The van der Waals surface area contributed by atoms with Crippen molar-refractivity contribution >= 4 is 17.3 Å². The van der Waals surface area contributed by atoms with Gasteiger partial charge >= 0.3 is 0 Å². The average Bonchev–Trinajstić information content (AvgIpc) is 2.60. The lowest BCUT2D eigenvalue weighted by atomic mass is 10.0. The van der Waals surface area contributed by atoms with Gasteiger partial charge in [0.1, 0.15) is 11.4 Å². The Bertz CT molecular complexity index is 805. The smallest absolute Gasteiger partial charge is 0.293 e. The van der Waals surface area contributed by atoms with Crippen LogP contribution in [0.2, 0.25) is 0 Å². The summed E-state index contributed by atoms with van der Waals surface area (Å²) in [6.07, 6.45) is 0. The van der Waals surface area contributed by atoms with E-state index in [1.54, 1.807) is 20.2 Å². The zero-order valence-electron chi connectivity index (χ0n) is 14.6. The fourth-order valence-corrected chi connectivity index (χ4v) is 2.59. The summed E-state index contributed by atoms with van der Waals surface area (Å²) in [6, 6.07) is 9.73. The minimum absolute atomic E-state index is 0.143. The summed E-state index contributed by atoms with van der Waals surface area (Å²) in [7, 11) is 3.16. The summed E-state index contributed by atoms with van der Waals surface area (Å²) >= 11 is 0. The molecule has 25 heavy (non-hydrogen) atoms. The van der Waals surface area contributed by atoms with E-state index in [4.69, 9.17) is 4.74 Å². The highest BCUT2D eigenvalue weighted by atomic mass is 16.6. The average molecular weight is 343 g/mol. The van der Waals surface area contributed by atoms with Crippen molar-refractivity contribution in [1.29, 1.82) is 0 Å². The molecule has 0 saturated heterocycles. The van der Waals surface area contributed by atoms with Crippen LogP contribution >= 0.6 is 0 Å². The number of methoxy groups -OCH3 is 1. The molecule has 0 radical (unpaired) electrons. The summed E-state index contributed by atoms with van der Waals surface area (Å²) in [5.74, 6) is 0.289. The van der Waals surface area contributed by atoms with E-state index < -0.39 is 4.92 Å². The molecule has 2 N–H and O–H groups in total. The number of nitrogens with one attached hydrogen (secondary N) is 2. The standard InChI is InChI=1S/C18H21N3O4/c1-11-5-8-17(25-4)14(9-11)12(2)20-18(22)13-6-7-15(19-3)16(10-13)21(23)24/h5-10,12,19H,1-4H3,(H,20,22)/t12-/m0/s1. The fourth-order valence-electron chi connectivity index (χ4n) is 2.59. The quantitative estimate of drug-likeness (QED) is 0.619. The van der Waals surface area contributed by atoms with Gasteiger partial charge < -0.3 is 15.4 Å². The van der Waals surface area contributed by atoms with Crippen LogP contribution in [0.1, 0.15) is 34.5 Å². The minimum Gasteiger partial charge on any atom is -0.496 e. The van der Waals surface area contributed by atoms with Crippen molar-refractivity contribution in [3.63, 3.8) is 0 Å². The topological polar surface area (TPSA) is 93.5 Å². The van der Waals surface area contributed by atoms with Crippen molar-refractivity contribution < 1.29 is 14.5 Å². The molecule has 2 aromatic rings. The zero-order valence-corrected chi connectivity index (χ0v) is 14.6. The molecule has 0 fully saturated rings. The van der Waals surface area contributed by atoms with Gasteiger partial charge in [-0.3, -0.25) is 14.9 Å². The third kappa shape index (κ3) is 4.06. The van der Waals surface area contributed by atoms with Gasteiger partial charge in [0.25, 0.3) is 11.6 Å². The number of amides is 1. The van der Waals surface area contributed by atoms with E-state index in [-0.39, 0.29) is 23.2 Å². The number of benzene rings is 2. The minimum atomic E-state index is -0.518. The second kappa shape index (κ2) is 7.65. The first kappa shape index (κ1) is 18.3. The number of nitro benzene ring substituents is 1. The number of hydrogen-bond acceptors (Lipinski definition) is 5. The fraction of sp³-hybridized carbons (Fsp3) is 0.278. The number of carbonyl (C=O) groups excluding carboxylic acids is 1. The monoisotopic (exact) mass is 343 g/mol. The van der Waals surface area contributed by atoms with E-state index in [0.29, 0.717) is 11.4 Å². The van der Waals surface area contributed by atoms with E-state index in [0.717, 1.165) is 11.1 Å². The largest absolute Gasteiger partial charge is 0.496 e. The van der Waals surface area contributed by atoms with E-state index in [1.165, 1.54) is 12.1 Å². The maximum atomic E-state index is 12.5.